The van der Waals surface area contributed by atoms with Gasteiger partial charge in [-0.05, 0) is 30.7 Å². The van der Waals surface area contributed by atoms with E-state index in [-0.39, 0.29) is 6.17 Å². The number of rotatable bonds is 5. The standard InChI is InChI=1S/C15H20ClN3O2/c16-13-5-3-12(4-6-13)15-17-14(21-18-15)2-1-7-19-8-10-20-11-9-19/h3-6,15,18H,1-2,7-11H2/t15-/m0/s1. The van der Waals surface area contributed by atoms with Gasteiger partial charge in [0.15, 0.2) is 6.17 Å². The molecule has 0 unspecified atom stereocenters. The van der Waals surface area contributed by atoms with Gasteiger partial charge in [0.05, 0.1) is 13.2 Å². The molecule has 21 heavy (non-hydrogen) atoms. The van der Waals surface area contributed by atoms with Crippen molar-refractivity contribution in [2.75, 3.05) is 32.8 Å². The molecule has 1 N–H and O–H groups in total. The molecule has 2 aliphatic heterocycles. The van der Waals surface area contributed by atoms with E-state index in [1.54, 1.807) is 0 Å². The second kappa shape index (κ2) is 7.22. The lowest BCUT2D eigenvalue weighted by Crippen LogP contribution is -2.37. The Hall–Kier alpha value is -1.14. The molecule has 6 heteroatoms. The molecule has 114 valence electrons. The van der Waals surface area contributed by atoms with Gasteiger partial charge < -0.3 is 9.57 Å². The summed E-state index contributed by atoms with van der Waals surface area (Å²) in [7, 11) is 0. The Kier molecular flexibility index (Phi) is 5.08. The summed E-state index contributed by atoms with van der Waals surface area (Å²) >= 11 is 5.89. The molecular formula is C15H20ClN3O2. The predicted octanol–water partition coefficient (Wildman–Crippen LogP) is 2.38. The highest BCUT2D eigenvalue weighted by molar-refractivity contribution is 6.30. The van der Waals surface area contributed by atoms with Crippen LogP contribution in [0.5, 0.6) is 0 Å². The van der Waals surface area contributed by atoms with Crippen LogP contribution in [0.4, 0.5) is 0 Å². The summed E-state index contributed by atoms with van der Waals surface area (Å²) in [5, 5.41) is 0.729. The average molecular weight is 310 g/mol. The minimum atomic E-state index is -0.124. The van der Waals surface area contributed by atoms with Crippen LogP contribution in [0.1, 0.15) is 24.6 Å². The highest BCUT2D eigenvalue weighted by Gasteiger charge is 2.20. The Bertz CT molecular complexity index is 486. The molecule has 1 aromatic rings. The van der Waals surface area contributed by atoms with Gasteiger partial charge in [0.2, 0.25) is 5.90 Å². The van der Waals surface area contributed by atoms with Crippen LogP contribution in [0, 0.1) is 0 Å². The van der Waals surface area contributed by atoms with Gasteiger partial charge in [-0.15, -0.1) is 5.48 Å². The molecule has 1 atom stereocenters. The van der Waals surface area contributed by atoms with Crippen LogP contribution in [0.15, 0.2) is 29.3 Å². The van der Waals surface area contributed by atoms with Gasteiger partial charge in [0.1, 0.15) is 0 Å². The zero-order chi connectivity index (χ0) is 14.5. The van der Waals surface area contributed by atoms with Gasteiger partial charge in [-0.25, -0.2) is 4.99 Å². The molecule has 2 aliphatic rings. The van der Waals surface area contributed by atoms with Crippen LogP contribution in [-0.2, 0) is 9.57 Å². The van der Waals surface area contributed by atoms with Crippen molar-refractivity contribution in [1.82, 2.24) is 10.4 Å². The van der Waals surface area contributed by atoms with Crippen molar-refractivity contribution in [3.05, 3.63) is 34.9 Å². The van der Waals surface area contributed by atoms with E-state index in [1.165, 1.54) is 0 Å². The number of morpholine rings is 1. The number of hydroxylamine groups is 1. The first kappa shape index (κ1) is 14.8. The number of nitrogens with one attached hydrogen (secondary N) is 1. The Morgan fingerprint density at radius 2 is 2.00 bits per heavy atom. The third-order valence-electron chi connectivity index (χ3n) is 3.72. The minimum absolute atomic E-state index is 0.124. The Morgan fingerprint density at radius 1 is 1.24 bits per heavy atom. The van der Waals surface area contributed by atoms with Gasteiger partial charge in [-0.1, -0.05) is 23.7 Å². The molecule has 2 heterocycles. The summed E-state index contributed by atoms with van der Waals surface area (Å²) in [5.74, 6) is 0.781. The number of hydrogen-bond donors (Lipinski definition) is 1. The van der Waals surface area contributed by atoms with Gasteiger partial charge in [0, 0.05) is 24.5 Å². The summed E-state index contributed by atoms with van der Waals surface area (Å²) in [5.41, 5.74) is 4.01. The van der Waals surface area contributed by atoms with E-state index in [4.69, 9.17) is 21.2 Å². The predicted molar refractivity (Wildman–Crippen MR) is 82.3 cm³/mol. The Labute approximate surface area is 129 Å². The van der Waals surface area contributed by atoms with Crippen LogP contribution >= 0.6 is 11.6 Å². The van der Waals surface area contributed by atoms with Crippen molar-refractivity contribution < 1.29 is 9.57 Å². The molecule has 0 aromatic heterocycles. The monoisotopic (exact) mass is 309 g/mol. The fraction of sp³-hybridized carbons (Fsp3) is 0.533. The minimum Gasteiger partial charge on any atom is -0.391 e. The summed E-state index contributed by atoms with van der Waals surface area (Å²) in [6.07, 6.45) is 1.78. The van der Waals surface area contributed by atoms with E-state index < -0.39 is 0 Å². The number of halogens is 1. The number of hydrogen-bond acceptors (Lipinski definition) is 5. The molecule has 0 saturated carbocycles. The zero-order valence-electron chi connectivity index (χ0n) is 11.9. The smallest absolute Gasteiger partial charge is 0.211 e. The van der Waals surface area contributed by atoms with Gasteiger partial charge in [-0.2, -0.15) is 0 Å². The van der Waals surface area contributed by atoms with Crippen molar-refractivity contribution in [1.29, 1.82) is 0 Å². The third kappa shape index (κ3) is 4.17. The first-order valence-corrected chi connectivity index (χ1v) is 7.74. The fourth-order valence-electron chi connectivity index (χ4n) is 2.50. The number of ether oxygens (including phenoxy) is 1. The molecule has 1 saturated heterocycles. The van der Waals surface area contributed by atoms with E-state index >= 15 is 0 Å². The second-order valence-corrected chi connectivity index (χ2v) is 5.69. The maximum atomic E-state index is 5.89. The molecule has 0 radical (unpaired) electrons. The lowest BCUT2D eigenvalue weighted by molar-refractivity contribution is 0.0374. The zero-order valence-corrected chi connectivity index (χ0v) is 12.7. The summed E-state index contributed by atoms with van der Waals surface area (Å²) in [4.78, 5) is 12.5. The number of nitrogens with zero attached hydrogens (tertiary/aromatic N) is 2. The van der Waals surface area contributed by atoms with Crippen molar-refractivity contribution in [3.8, 4) is 0 Å². The van der Waals surface area contributed by atoms with Crippen molar-refractivity contribution >= 4 is 17.5 Å². The summed E-state index contributed by atoms with van der Waals surface area (Å²) < 4.78 is 5.34. The number of aliphatic imine (C=N–C) groups is 1. The number of benzene rings is 1. The van der Waals surface area contributed by atoms with Gasteiger partial charge in [0.25, 0.3) is 0 Å². The molecule has 0 aliphatic carbocycles. The highest BCUT2D eigenvalue weighted by atomic mass is 35.5. The topological polar surface area (TPSA) is 46.1 Å². The summed E-state index contributed by atoms with van der Waals surface area (Å²) in [6, 6.07) is 7.65. The van der Waals surface area contributed by atoms with E-state index in [9.17, 15) is 0 Å². The maximum absolute atomic E-state index is 5.89. The van der Waals surface area contributed by atoms with Crippen LogP contribution in [0.3, 0.4) is 0 Å². The lowest BCUT2D eigenvalue weighted by atomic mass is 10.2. The van der Waals surface area contributed by atoms with E-state index in [0.29, 0.717) is 0 Å². The molecule has 1 aromatic carbocycles. The highest BCUT2D eigenvalue weighted by Crippen LogP contribution is 2.21. The SMILES string of the molecule is Clc1ccc([C@H]2N=C(CCCN3CCOCC3)ON2)cc1. The Balaban J connectivity index is 1.46. The lowest BCUT2D eigenvalue weighted by Gasteiger charge is -2.26. The molecule has 0 bridgehead atoms. The first-order valence-electron chi connectivity index (χ1n) is 7.36. The Morgan fingerprint density at radius 3 is 2.76 bits per heavy atom. The average Bonchev–Trinajstić information content (AvgIpc) is 2.98. The second-order valence-electron chi connectivity index (χ2n) is 5.25. The molecule has 3 rings (SSSR count). The van der Waals surface area contributed by atoms with Crippen LogP contribution in [0.2, 0.25) is 5.02 Å². The quantitative estimate of drug-likeness (QED) is 0.907. The van der Waals surface area contributed by atoms with Crippen molar-refractivity contribution in [3.63, 3.8) is 0 Å². The molecule has 5 nitrogen and oxygen atoms in total. The largest absolute Gasteiger partial charge is 0.391 e. The van der Waals surface area contributed by atoms with E-state index in [2.05, 4.69) is 15.4 Å². The van der Waals surface area contributed by atoms with Crippen molar-refractivity contribution in [2.24, 2.45) is 4.99 Å². The van der Waals surface area contributed by atoms with E-state index in [1.807, 2.05) is 24.3 Å². The first-order chi connectivity index (χ1) is 10.3. The fourth-order valence-corrected chi connectivity index (χ4v) is 2.63. The van der Waals surface area contributed by atoms with Crippen LogP contribution in [0.25, 0.3) is 0 Å². The molecular weight excluding hydrogens is 290 g/mol. The van der Waals surface area contributed by atoms with Gasteiger partial charge in [-0.3, -0.25) is 4.90 Å². The van der Waals surface area contributed by atoms with Crippen LogP contribution in [-0.4, -0.2) is 43.6 Å². The molecule has 0 amide bonds. The third-order valence-corrected chi connectivity index (χ3v) is 3.97. The van der Waals surface area contributed by atoms with Crippen LogP contribution < -0.4 is 5.48 Å². The maximum Gasteiger partial charge on any atom is 0.211 e. The summed E-state index contributed by atoms with van der Waals surface area (Å²) in [6.45, 7) is 4.81. The van der Waals surface area contributed by atoms with Crippen molar-refractivity contribution in [2.45, 2.75) is 19.0 Å². The normalized spacial score (nSPS) is 22.9. The van der Waals surface area contributed by atoms with Gasteiger partial charge >= 0.3 is 0 Å². The molecule has 1 fully saturated rings. The molecule has 0 spiro atoms. The van der Waals surface area contributed by atoms with E-state index in [0.717, 1.165) is 62.2 Å².